The smallest absolute Gasteiger partial charge is 0.262 e. The number of carbonyl (C=O) groups is 1. The predicted octanol–water partition coefficient (Wildman–Crippen LogP) is 3.14. The highest BCUT2D eigenvalue weighted by Gasteiger charge is 2.36. The first kappa shape index (κ1) is 11.7. The van der Waals surface area contributed by atoms with Crippen LogP contribution in [0.2, 0.25) is 0 Å². The van der Waals surface area contributed by atoms with E-state index in [0.29, 0.717) is 5.92 Å². The third kappa shape index (κ3) is 1.68. The molecule has 0 saturated heterocycles. The van der Waals surface area contributed by atoms with E-state index in [4.69, 9.17) is 4.42 Å². The van der Waals surface area contributed by atoms with Gasteiger partial charge in [-0.2, -0.15) is 0 Å². The summed E-state index contributed by atoms with van der Waals surface area (Å²) < 4.78 is 5.53. The number of fused-ring (bicyclic) bond motifs is 1. The molecule has 4 rings (SSSR count). The van der Waals surface area contributed by atoms with Gasteiger partial charge in [0, 0.05) is 24.4 Å². The van der Waals surface area contributed by atoms with Gasteiger partial charge in [0.1, 0.15) is 5.76 Å². The van der Waals surface area contributed by atoms with Crippen molar-refractivity contribution in [2.24, 2.45) is 0 Å². The number of furan rings is 1. The number of hydrogen-bond donors (Lipinski definition) is 0. The molecule has 1 unspecified atom stereocenters. The van der Waals surface area contributed by atoms with Gasteiger partial charge < -0.3 is 9.32 Å². The second-order valence-electron chi connectivity index (χ2n) is 5.71. The van der Waals surface area contributed by atoms with E-state index in [1.165, 1.54) is 0 Å². The van der Waals surface area contributed by atoms with Crippen molar-refractivity contribution in [2.75, 3.05) is 4.90 Å². The van der Waals surface area contributed by atoms with Crippen LogP contribution < -0.4 is 4.90 Å². The Morgan fingerprint density at radius 3 is 3.05 bits per heavy atom. The lowest BCUT2D eigenvalue weighted by molar-refractivity contribution is 0.0979. The van der Waals surface area contributed by atoms with E-state index in [1.54, 1.807) is 12.5 Å². The molecule has 1 saturated carbocycles. The summed E-state index contributed by atoms with van der Waals surface area (Å²) in [6.07, 6.45) is 8.36. The summed E-state index contributed by atoms with van der Waals surface area (Å²) >= 11 is 0. The fraction of sp³-hybridized carbons (Fsp3) is 0.375. The highest BCUT2D eigenvalue weighted by atomic mass is 16.3. The molecule has 1 atom stereocenters. The van der Waals surface area contributed by atoms with Crippen LogP contribution in [0, 0.1) is 0 Å². The van der Waals surface area contributed by atoms with E-state index in [1.807, 2.05) is 23.2 Å². The second-order valence-corrected chi connectivity index (χ2v) is 5.71. The Bertz CT molecular complexity index is 673. The van der Waals surface area contributed by atoms with Gasteiger partial charge in [0.25, 0.3) is 5.91 Å². The number of anilines is 1. The van der Waals surface area contributed by atoms with Gasteiger partial charge in [0.05, 0.1) is 17.5 Å². The third-order valence-corrected chi connectivity index (χ3v) is 4.19. The Morgan fingerprint density at radius 2 is 2.25 bits per heavy atom. The van der Waals surface area contributed by atoms with Gasteiger partial charge in [-0.3, -0.25) is 9.78 Å². The summed E-state index contributed by atoms with van der Waals surface area (Å²) in [5, 5.41) is 0. The number of rotatable bonds is 2. The quantitative estimate of drug-likeness (QED) is 0.840. The van der Waals surface area contributed by atoms with Crippen molar-refractivity contribution < 1.29 is 9.21 Å². The van der Waals surface area contributed by atoms with Gasteiger partial charge in [0.15, 0.2) is 0 Å². The largest absolute Gasteiger partial charge is 0.468 e. The molecular formula is C16H16N2O2. The summed E-state index contributed by atoms with van der Waals surface area (Å²) in [5.41, 5.74) is 2.86. The zero-order chi connectivity index (χ0) is 13.7. The minimum atomic E-state index is 0.0538. The zero-order valence-corrected chi connectivity index (χ0v) is 11.4. The van der Waals surface area contributed by atoms with Crippen LogP contribution in [0.4, 0.5) is 5.69 Å². The highest BCUT2D eigenvalue weighted by Crippen LogP contribution is 2.43. The minimum absolute atomic E-state index is 0.0538. The van der Waals surface area contributed by atoms with Crippen LogP contribution in [-0.2, 0) is 6.42 Å². The number of hydrogen-bond acceptors (Lipinski definition) is 3. The summed E-state index contributed by atoms with van der Waals surface area (Å²) in [4.78, 5) is 18.9. The average molecular weight is 268 g/mol. The molecule has 1 amide bonds. The molecule has 0 bridgehead atoms. The lowest BCUT2D eigenvalue weighted by Crippen LogP contribution is -2.35. The van der Waals surface area contributed by atoms with Crippen molar-refractivity contribution >= 4 is 11.6 Å². The van der Waals surface area contributed by atoms with Crippen LogP contribution >= 0.6 is 0 Å². The van der Waals surface area contributed by atoms with E-state index in [9.17, 15) is 4.79 Å². The molecule has 2 aliphatic rings. The molecule has 4 nitrogen and oxygen atoms in total. The molecule has 1 aliphatic carbocycles. The van der Waals surface area contributed by atoms with E-state index in [2.05, 4.69) is 11.9 Å². The zero-order valence-electron chi connectivity index (χ0n) is 11.4. The number of amides is 1. The van der Waals surface area contributed by atoms with E-state index in [-0.39, 0.29) is 11.9 Å². The van der Waals surface area contributed by atoms with Crippen LogP contribution in [0.1, 0.15) is 47.4 Å². The van der Waals surface area contributed by atoms with Gasteiger partial charge in [-0.15, -0.1) is 0 Å². The molecule has 0 radical (unpaired) electrons. The number of pyridine rings is 1. The molecular weight excluding hydrogens is 252 g/mol. The molecule has 4 heteroatoms. The normalized spacial score (nSPS) is 21.1. The summed E-state index contributed by atoms with van der Waals surface area (Å²) in [6, 6.07) is 3.90. The Labute approximate surface area is 117 Å². The topological polar surface area (TPSA) is 46.3 Å². The molecule has 1 aliphatic heterocycles. The van der Waals surface area contributed by atoms with Crippen LogP contribution in [0.5, 0.6) is 0 Å². The van der Waals surface area contributed by atoms with Gasteiger partial charge >= 0.3 is 0 Å². The first-order valence-electron chi connectivity index (χ1n) is 7.09. The van der Waals surface area contributed by atoms with Crippen molar-refractivity contribution in [2.45, 2.75) is 38.1 Å². The van der Waals surface area contributed by atoms with Crippen molar-refractivity contribution in [3.05, 3.63) is 47.7 Å². The molecule has 2 aromatic rings. The van der Waals surface area contributed by atoms with Crippen molar-refractivity contribution in [1.82, 2.24) is 4.98 Å². The van der Waals surface area contributed by atoms with Crippen LogP contribution in [0.25, 0.3) is 0 Å². The van der Waals surface area contributed by atoms with Crippen molar-refractivity contribution in [1.29, 1.82) is 0 Å². The van der Waals surface area contributed by atoms with Crippen molar-refractivity contribution in [3.63, 3.8) is 0 Å². The van der Waals surface area contributed by atoms with Gasteiger partial charge in [-0.1, -0.05) is 0 Å². The fourth-order valence-corrected chi connectivity index (χ4v) is 3.06. The second kappa shape index (κ2) is 4.20. The van der Waals surface area contributed by atoms with Gasteiger partial charge in [-0.05, 0) is 43.9 Å². The number of carbonyl (C=O) groups excluding carboxylic acids is 1. The van der Waals surface area contributed by atoms with E-state index >= 15 is 0 Å². The molecule has 1 fully saturated rings. The molecule has 0 aromatic carbocycles. The third-order valence-electron chi connectivity index (χ3n) is 4.19. The molecule has 102 valence electrons. The SMILES string of the molecule is CC1Cc2cnccc2N1C(=O)c1ccoc1C1CC1. The summed E-state index contributed by atoms with van der Waals surface area (Å²) in [6.45, 7) is 2.08. The van der Waals surface area contributed by atoms with Gasteiger partial charge in [-0.25, -0.2) is 0 Å². The van der Waals surface area contributed by atoms with Crippen LogP contribution in [-0.4, -0.2) is 16.9 Å². The number of nitrogens with zero attached hydrogens (tertiary/aromatic N) is 2. The minimum Gasteiger partial charge on any atom is -0.468 e. The van der Waals surface area contributed by atoms with E-state index < -0.39 is 0 Å². The molecule has 2 aromatic heterocycles. The summed E-state index contributed by atoms with van der Waals surface area (Å²) in [5.74, 6) is 1.36. The average Bonchev–Trinajstić information content (AvgIpc) is 3.07. The Morgan fingerprint density at radius 1 is 1.40 bits per heavy atom. The first-order valence-corrected chi connectivity index (χ1v) is 7.09. The lowest BCUT2D eigenvalue weighted by atomic mass is 10.1. The van der Waals surface area contributed by atoms with Gasteiger partial charge in [0.2, 0.25) is 0 Å². The molecule has 0 spiro atoms. The molecule has 20 heavy (non-hydrogen) atoms. The Kier molecular flexibility index (Phi) is 2.46. The highest BCUT2D eigenvalue weighted by molar-refractivity contribution is 6.08. The molecule has 0 N–H and O–H groups in total. The Balaban J connectivity index is 1.73. The monoisotopic (exact) mass is 268 g/mol. The maximum Gasteiger partial charge on any atom is 0.262 e. The van der Waals surface area contributed by atoms with Crippen molar-refractivity contribution in [3.8, 4) is 0 Å². The van der Waals surface area contributed by atoms with E-state index in [0.717, 1.165) is 41.8 Å². The first-order chi connectivity index (χ1) is 9.75. The van der Waals surface area contributed by atoms with Crippen LogP contribution in [0.15, 0.2) is 35.2 Å². The summed E-state index contributed by atoms with van der Waals surface area (Å²) in [7, 11) is 0. The maximum absolute atomic E-state index is 12.9. The Hall–Kier alpha value is -2.10. The van der Waals surface area contributed by atoms with Crippen LogP contribution in [0.3, 0.4) is 0 Å². The predicted molar refractivity (Wildman–Crippen MR) is 74.9 cm³/mol. The standard InChI is InChI=1S/C16H16N2O2/c1-10-8-12-9-17-6-4-14(12)18(10)16(19)13-5-7-20-15(13)11-2-3-11/h4-7,9-11H,2-3,8H2,1H3. The lowest BCUT2D eigenvalue weighted by Gasteiger charge is -2.22. The number of aromatic nitrogens is 1. The fourth-order valence-electron chi connectivity index (χ4n) is 3.06. The maximum atomic E-state index is 12.9. The molecule has 3 heterocycles.